The smallest absolute Gasteiger partial charge is 0.319 e. The molecule has 3 amide bonds. The third-order valence-corrected chi connectivity index (χ3v) is 6.83. The Hall–Kier alpha value is -3.90. The number of nitrogens with one attached hydrogen (secondary N) is 2. The minimum absolute atomic E-state index is 0.0641. The zero-order chi connectivity index (χ0) is 25.8. The number of carbonyl (C=O) groups excluding carboxylic acids is 4. The number of benzene rings is 1. The molecule has 0 saturated heterocycles. The van der Waals surface area contributed by atoms with Crippen LogP contribution in [-0.4, -0.2) is 67.3 Å². The zero-order valence-electron chi connectivity index (χ0n) is 18.7. The average molecular weight is 487 g/mol. The van der Waals surface area contributed by atoms with Crippen LogP contribution in [0.15, 0.2) is 29.0 Å². The van der Waals surface area contributed by atoms with E-state index in [9.17, 15) is 44.7 Å². The van der Waals surface area contributed by atoms with Gasteiger partial charge in [-0.3, -0.25) is 14.4 Å². The molecule has 0 bridgehead atoms. The summed E-state index contributed by atoms with van der Waals surface area (Å²) in [7, 11) is 0. The fraction of sp³-hybridized carbons (Fsp3) is 0.391. The number of primary amides is 1. The molecule has 0 heterocycles. The number of aromatic hydroxyl groups is 1. The number of aliphatic hydroxyl groups excluding tert-OH is 3. The van der Waals surface area contributed by atoms with Crippen LogP contribution in [-0.2, 0) is 20.8 Å². The van der Waals surface area contributed by atoms with Gasteiger partial charge in [0.15, 0.2) is 11.4 Å². The Balaban J connectivity index is 1.84. The Morgan fingerprint density at radius 3 is 2.49 bits per heavy atom. The molecule has 1 fully saturated rings. The van der Waals surface area contributed by atoms with Crippen LogP contribution in [0.4, 0.5) is 10.5 Å². The van der Waals surface area contributed by atoms with Crippen LogP contribution in [0.25, 0.3) is 5.76 Å². The van der Waals surface area contributed by atoms with Crippen molar-refractivity contribution in [2.75, 3.05) is 11.9 Å². The summed E-state index contributed by atoms with van der Waals surface area (Å²) in [6, 6.07) is 2.28. The molecular weight excluding hydrogens is 462 g/mol. The summed E-state index contributed by atoms with van der Waals surface area (Å²) in [6.45, 7) is 2.24. The topological polar surface area (TPSA) is 220 Å². The van der Waals surface area contributed by atoms with Gasteiger partial charge >= 0.3 is 6.03 Å². The van der Waals surface area contributed by atoms with Crippen LogP contribution in [0, 0.1) is 11.8 Å². The number of Topliss-reactive ketones (excluding diaryl/α,β-unsaturated/α-hetero) is 2. The number of nitrogens with two attached hydrogens (primary N) is 1. The highest BCUT2D eigenvalue weighted by atomic mass is 16.4. The van der Waals surface area contributed by atoms with E-state index in [1.165, 1.54) is 12.1 Å². The van der Waals surface area contributed by atoms with E-state index in [0.29, 0.717) is 18.5 Å². The number of phenolic OH excluding ortho intramolecular Hbond substituents is 1. The molecule has 3 aliphatic carbocycles. The van der Waals surface area contributed by atoms with Crippen LogP contribution in [0.2, 0.25) is 0 Å². The zero-order valence-corrected chi connectivity index (χ0v) is 18.7. The third kappa shape index (κ3) is 3.44. The molecule has 0 spiro atoms. The largest absolute Gasteiger partial charge is 0.508 e. The van der Waals surface area contributed by atoms with Crippen molar-refractivity contribution in [1.82, 2.24) is 5.32 Å². The van der Waals surface area contributed by atoms with Gasteiger partial charge in [-0.15, -0.1) is 0 Å². The van der Waals surface area contributed by atoms with Gasteiger partial charge in [-0.05, 0) is 24.5 Å². The van der Waals surface area contributed by atoms with Crippen LogP contribution >= 0.6 is 0 Å². The summed E-state index contributed by atoms with van der Waals surface area (Å²) in [6.07, 6.45) is -1.60. The molecule has 35 heavy (non-hydrogen) atoms. The second kappa shape index (κ2) is 8.40. The monoisotopic (exact) mass is 487 g/mol. The van der Waals surface area contributed by atoms with Gasteiger partial charge in [0.05, 0.1) is 17.4 Å². The summed E-state index contributed by atoms with van der Waals surface area (Å²) >= 11 is 0. The molecule has 9 N–H and O–H groups in total. The summed E-state index contributed by atoms with van der Waals surface area (Å²) < 4.78 is 0. The average Bonchev–Trinajstić information content (AvgIpc) is 2.79. The van der Waals surface area contributed by atoms with Crippen molar-refractivity contribution in [3.63, 3.8) is 0 Å². The summed E-state index contributed by atoms with van der Waals surface area (Å²) in [5, 5.41) is 59.6. The van der Waals surface area contributed by atoms with Gasteiger partial charge < -0.3 is 41.9 Å². The molecule has 1 aromatic carbocycles. The lowest BCUT2D eigenvalue weighted by atomic mass is 9.58. The molecule has 4 atom stereocenters. The Morgan fingerprint density at radius 2 is 1.86 bits per heavy atom. The number of fused-ring (bicyclic) bond motifs is 3. The van der Waals surface area contributed by atoms with Gasteiger partial charge in [0.1, 0.15) is 22.8 Å². The number of rotatable bonds is 4. The maximum atomic E-state index is 13.5. The highest BCUT2D eigenvalue weighted by molar-refractivity contribution is 6.23. The number of anilines is 1. The maximum Gasteiger partial charge on any atom is 0.319 e. The van der Waals surface area contributed by atoms with Crippen molar-refractivity contribution in [2.45, 2.75) is 37.9 Å². The lowest BCUT2D eigenvalue weighted by molar-refractivity contribution is -0.159. The lowest BCUT2D eigenvalue weighted by Crippen LogP contribution is -2.63. The van der Waals surface area contributed by atoms with Crippen molar-refractivity contribution in [3.05, 3.63) is 40.2 Å². The normalized spacial score (nSPS) is 27.7. The predicted octanol–water partition coefficient (Wildman–Crippen LogP) is -0.0738. The fourth-order valence-electron chi connectivity index (χ4n) is 5.12. The number of hydrogen-bond donors (Lipinski definition) is 8. The molecule has 3 aliphatic rings. The van der Waals surface area contributed by atoms with Crippen molar-refractivity contribution >= 4 is 35.0 Å². The first-order valence-electron chi connectivity index (χ1n) is 11.0. The molecule has 0 unspecified atom stereocenters. The number of carbonyl (C=O) groups is 4. The molecule has 0 aromatic heterocycles. The van der Waals surface area contributed by atoms with Crippen LogP contribution in [0.3, 0.4) is 0 Å². The fourth-order valence-corrected chi connectivity index (χ4v) is 5.12. The number of hydrogen-bond acceptors (Lipinski definition) is 9. The van der Waals surface area contributed by atoms with Gasteiger partial charge in [0.2, 0.25) is 5.78 Å². The number of ketones is 2. The number of amides is 3. The van der Waals surface area contributed by atoms with Gasteiger partial charge in [-0.1, -0.05) is 13.0 Å². The second-order valence-electron chi connectivity index (χ2n) is 8.86. The predicted molar refractivity (Wildman–Crippen MR) is 120 cm³/mol. The quantitative estimate of drug-likeness (QED) is 0.210. The minimum atomic E-state index is -2.89. The first-order chi connectivity index (χ1) is 16.4. The molecule has 12 nitrogen and oxygen atoms in total. The first kappa shape index (κ1) is 24.2. The molecule has 12 heteroatoms. The SMILES string of the molecule is CCCNC(=O)Nc1ccc2c(c1O)C(O)=C1C(=O)[C@]3(O)C(O)=C(C(N)=O)C(=O)C[C@@H]3[C@@H](O)[C@@H]1C2. The van der Waals surface area contributed by atoms with Crippen molar-refractivity contribution in [1.29, 1.82) is 0 Å². The van der Waals surface area contributed by atoms with E-state index in [1.54, 1.807) is 0 Å². The van der Waals surface area contributed by atoms with E-state index < -0.39 is 81.9 Å². The molecule has 0 radical (unpaired) electrons. The van der Waals surface area contributed by atoms with Gasteiger partial charge in [0, 0.05) is 30.4 Å². The standard InChI is InChI=1S/C23H25N3O9/c1-2-5-25-22(34)26-11-4-3-8-6-9-14(18(30)13(8)17(11)29)19(31)23(35)10(16(9)28)7-12(27)15(20(23)32)21(24)33/h3-4,9-10,16,28-30,32,35H,2,5-7H2,1H3,(H2,24,33)(H2,25,26,34)/t9-,10-,16+,23+/m1/s1. The second-order valence-corrected chi connectivity index (χ2v) is 8.86. The Morgan fingerprint density at radius 1 is 1.17 bits per heavy atom. The molecule has 0 aliphatic heterocycles. The summed E-state index contributed by atoms with van der Waals surface area (Å²) in [5.74, 6) is -8.70. The van der Waals surface area contributed by atoms with Crippen molar-refractivity contribution in [2.24, 2.45) is 17.6 Å². The first-order valence-corrected chi connectivity index (χ1v) is 11.0. The Kier molecular flexibility index (Phi) is 5.81. The number of phenols is 1. The van der Waals surface area contributed by atoms with Gasteiger partial charge in [-0.25, -0.2) is 4.79 Å². The molecular formula is C23H25N3O9. The minimum Gasteiger partial charge on any atom is -0.508 e. The van der Waals surface area contributed by atoms with E-state index in [-0.39, 0.29) is 17.7 Å². The van der Waals surface area contributed by atoms with Crippen molar-refractivity contribution < 1.29 is 44.7 Å². The van der Waals surface area contributed by atoms with Crippen molar-refractivity contribution in [3.8, 4) is 5.75 Å². The van der Waals surface area contributed by atoms with E-state index in [0.717, 1.165) is 0 Å². The summed E-state index contributed by atoms with van der Waals surface area (Å²) in [5.41, 5.74) is 0.888. The Bertz CT molecular complexity index is 1230. The van der Waals surface area contributed by atoms with Gasteiger partial charge in [-0.2, -0.15) is 0 Å². The van der Waals surface area contributed by atoms with Crippen LogP contribution < -0.4 is 16.4 Å². The van der Waals surface area contributed by atoms with Gasteiger partial charge in [0.25, 0.3) is 5.91 Å². The highest BCUT2D eigenvalue weighted by Crippen LogP contribution is 2.52. The Labute approximate surface area is 198 Å². The lowest BCUT2D eigenvalue weighted by Gasteiger charge is -2.48. The van der Waals surface area contributed by atoms with E-state index in [2.05, 4.69) is 10.6 Å². The van der Waals surface area contributed by atoms with E-state index in [1.807, 2.05) is 6.92 Å². The third-order valence-electron chi connectivity index (χ3n) is 6.83. The molecule has 186 valence electrons. The molecule has 1 saturated carbocycles. The molecule has 1 aromatic rings. The highest BCUT2D eigenvalue weighted by Gasteiger charge is 2.63. The van der Waals surface area contributed by atoms with E-state index >= 15 is 0 Å². The van der Waals surface area contributed by atoms with E-state index in [4.69, 9.17) is 5.73 Å². The number of aliphatic hydroxyl groups is 4. The maximum absolute atomic E-state index is 13.5. The number of urea groups is 1. The van der Waals surface area contributed by atoms with Crippen LogP contribution in [0.1, 0.15) is 30.9 Å². The van der Waals surface area contributed by atoms with Crippen LogP contribution in [0.5, 0.6) is 5.75 Å². The molecule has 4 rings (SSSR count). The summed E-state index contributed by atoms with van der Waals surface area (Å²) in [4.78, 5) is 49.5.